The van der Waals surface area contributed by atoms with E-state index in [1.54, 1.807) is 13.3 Å². The summed E-state index contributed by atoms with van der Waals surface area (Å²) in [5.74, 6) is 2.47. The van der Waals surface area contributed by atoms with Crippen molar-refractivity contribution in [3.8, 4) is 17.4 Å². The molecule has 0 amide bonds. The number of ether oxygens (including phenoxy) is 3. The van der Waals surface area contributed by atoms with E-state index in [0.29, 0.717) is 37.3 Å². The van der Waals surface area contributed by atoms with Gasteiger partial charge in [-0.2, -0.15) is 0 Å². The molecule has 2 aromatic rings. The van der Waals surface area contributed by atoms with Gasteiger partial charge in [-0.3, -0.25) is 0 Å². The molecule has 3 rings (SSSR count). The summed E-state index contributed by atoms with van der Waals surface area (Å²) >= 11 is 0. The first-order valence-electron chi connectivity index (χ1n) is 8.14. The zero-order chi connectivity index (χ0) is 17.5. The van der Waals surface area contributed by atoms with E-state index >= 15 is 0 Å². The number of benzene rings is 1. The number of morpholine rings is 1. The average molecular weight is 342 g/mol. The number of nitrogens with zero attached hydrogens (tertiary/aromatic N) is 3. The molecule has 0 unspecified atom stereocenters. The molecule has 1 aromatic carbocycles. The second-order valence-corrected chi connectivity index (χ2v) is 5.56. The van der Waals surface area contributed by atoms with Crippen molar-refractivity contribution < 1.29 is 14.2 Å². The molecule has 0 spiro atoms. The molecule has 1 aliphatic rings. The lowest BCUT2D eigenvalue weighted by molar-refractivity contribution is 0.0674. The smallest absolute Gasteiger partial charge is 0.219 e. The van der Waals surface area contributed by atoms with E-state index in [4.69, 9.17) is 19.9 Å². The summed E-state index contributed by atoms with van der Waals surface area (Å²) in [6.45, 7) is 3.42. The number of nitrogens with two attached hydrogens (primary N) is 1. The molecule has 2 N–H and O–H groups in total. The molecular weight excluding hydrogens is 320 g/mol. The number of hydrogen-bond acceptors (Lipinski definition) is 5. The Labute approximate surface area is 147 Å². The van der Waals surface area contributed by atoms with Gasteiger partial charge in [0.1, 0.15) is 11.5 Å². The topological polar surface area (TPSA) is 82.2 Å². The van der Waals surface area contributed by atoms with Crippen LogP contribution in [0.2, 0.25) is 0 Å². The van der Waals surface area contributed by atoms with Gasteiger partial charge in [-0.15, -0.1) is 0 Å². The number of guanidine groups is 1. The lowest BCUT2D eigenvalue weighted by atomic mass is 10.3. The standard InChI is InChI=1S/C18H22N4O3/c1-23-15-3-2-4-16(11-15)25-17-6-5-14(12-20-17)13-21-18(19)22-7-9-24-10-8-22/h2-6,11-12H,7-10,13H2,1H3,(H2,19,21). The zero-order valence-electron chi connectivity index (χ0n) is 14.2. The maximum absolute atomic E-state index is 6.02. The minimum atomic E-state index is 0.482. The quantitative estimate of drug-likeness (QED) is 0.661. The lowest BCUT2D eigenvalue weighted by Crippen LogP contribution is -2.44. The second-order valence-electron chi connectivity index (χ2n) is 5.56. The Morgan fingerprint density at radius 1 is 1.24 bits per heavy atom. The molecule has 7 nitrogen and oxygen atoms in total. The van der Waals surface area contributed by atoms with Gasteiger partial charge in [0.2, 0.25) is 5.88 Å². The minimum absolute atomic E-state index is 0.482. The Kier molecular flexibility index (Phi) is 5.69. The summed E-state index contributed by atoms with van der Waals surface area (Å²) < 4.78 is 16.2. The fourth-order valence-corrected chi connectivity index (χ4v) is 2.41. The fourth-order valence-electron chi connectivity index (χ4n) is 2.41. The Morgan fingerprint density at radius 2 is 2.04 bits per heavy atom. The molecule has 25 heavy (non-hydrogen) atoms. The van der Waals surface area contributed by atoms with Crippen molar-refractivity contribution in [3.63, 3.8) is 0 Å². The van der Waals surface area contributed by atoms with Crippen molar-refractivity contribution in [1.82, 2.24) is 9.88 Å². The molecule has 1 saturated heterocycles. The molecule has 0 atom stereocenters. The number of aliphatic imine (C=N–C) groups is 1. The first kappa shape index (κ1) is 17.0. The first-order chi connectivity index (χ1) is 12.2. The van der Waals surface area contributed by atoms with Crippen LogP contribution in [-0.2, 0) is 11.3 Å². The molecule has 1 fully saturated rings. The number of pyridine rings is 1. The third-order valence-corrected chi connectivity index (χ3v) is 3.82. The highest BCUT2D eigenvalue weighted by Gasteiger charge is 2.11. The molecular formula is C18H22N4O3. The van der Waals surface area contributed by atoms with Crippen molar-refractivity contribution in [2.45, 2.75) is 6.54 Å². The van der Waals surface area contributed by atoms with E-state index in [0.717, 1.165) is 24.4 Å². The fraction of sp³-hybridized carbons (Fsp3) is 0.333. The van der Waals surface area contributed by atoms with Gasteiger partial charge >= 0.3 is 0 Å². The van der Waals surface area contributed by atoms with Crippen molar-refractivity contribution in [3.05, 3.63) is 48.2 Å². The van der Waals surface area contributed by atoms with Crippen molar-refractivity contribution in [2.24, 2.45) is 10.7 Å². The molecule has 1 aromatic heterocycles. The molecule has 2 heterocycles. The van der Waals surface area contributed by atoms with E-state index in [1.807, 2.05) is 41.3 Å². The van der Waals surface area contributed by atoms with Crippen LogP contribution in [0, 0.1) is 0 Å². The van der Waals surface area contributed by atoms with Crippen molar-refractivity contribution in [1.29, 1.82) is 0 Å². The first-order valence-corrected chi connectivity index (χ1v) is 8.14. The maximum atomic E-state index is 6.02. The molecule has 0 radical (unpaired) electrons. The predicted molar refractivity (Wildman–Crippen MR) is 95.0 cm³/mol. The lowest BCUT2D eigenvalue weighted by Gasteiger charge is -2.27. The van der Waals surface area contributed by atoms with E-state index in [-0.39, 0.29) is 0 Å². The van der Waals surface area contributed by atoms with Gasteiger partial charge in [-0.05, 0) is 17.7 Å². The second kappa shape index (κ2) is 8.34. The van der Waals surface area contributed by atoms with Crippen LogP contribution < -0.4 is 15.2 Å². The number of methoxy groups -OCH3 is 1. The Morgan fingerprint density at radius 3 is 2.76 bits per heavy atom. The van der Waals surface area contributed by atoms with Crippen LogP contribution in [0.25, 0.3) is 0 Å². The highest BCUT2D eigenvalue weighted by molar-refractivity contribution is 5.78. The molecule has 7 heteroatoms. The highest BCUT2D eigenvalue weighted by Crippen LogP contribution is 2.23. The van der Waals surface area contributed by atoms with E-state index < -0.39 is 0 Å². The number of aromatic nitrogens is 1. The molecule has 132 valence electrons. The molecule has 0 aliphatic carbocycles. The van der Waals surface area contributed by atoms with Crippen LogP contribution in [0.1, 0.15) is 5.56 Å². The summed E-state index contributed by atoms with van der Waals surface area (Å²) in [7, 11) is 1.62. The average Bonchev–Trinajstić information content (AvgIpc) is 2.68. The monoisotopic (exact) mass is 342 g/mol. The van der Waals surface area contributed by atoms with E-state index in [1.165, 1.54) is 0 Å². The normalized spacial score (nSPS) is 15.1. The van der Waals surface area contributed by atoms with E-state index in [2.05, 4.69) is 9.98 Å². The maximum Gasteiger partial charge on any atom is 0.219 e. The van der Waals surface area contributed by atoms with Gasteiger partial charge in [-0.1, -0.05) is 12.1 Å². The molecule has 0 bridgehead atoms. The Balaban J connectivity index is 1.58. The zero-order valence-corrected chi connectivity index (χ0v) is 14.2. The van der Waals surface area contributed by atoms with Crippen LogP contribution in [-0.4, -0.2) is 49.3 Å². The third-order valence-electron chi connectivity index (χ3n) is 3.82. The third kappa shape index (κ3) is 4.84. The van der Waals surface area contributed by atoms with Crippen molar-refractivity contribution >= 4 is 5.96 Å². The summed E-state index contributed by atoms with van der Waals surface area (Å²) in [5, 5.41) is 0. The summed E-state index contributed by atoms with van der Waals surface area (Å²) in [6, 6.07) is 11.1. The van der Waals surface area contributed by atoms with Gasteiger partial charge in [-0.25, -0.2) is 9.98 Å². The van der Waals surface area contributed by atoms with Gasteiger partial charge < -0.3 is 24.8 Å². The summed E-state index contributed by atoms with van der Waals surface area (Å²) in [6.07, 6.45) is 1.74. The van der Waals surface area contributed by atoms with Gasteiger partial charge in [0.15, 0.2) is 5.96 Å². The largest absolute Gasteiger partial charge is 0.497 e. The van der Waals surface area contributed by atoms with Gasteiger partial charge in [0.25, 0.3) is 0 Å². The van der Waals surface area contributed by atoms with Gasteiger partial charge in [0.05, 0.1) is 26.9 Å². The Hall–Kier alpha value is -2.80. The van der Waals surface area contributed by atoms with Crippen LogP contribution in [0.5, 0.6) is 17.4 Å². The predicted octanol–water partition coefficient (Wildman–Crippen LogP) is 2.03. The summed E-state index contributed by atoms with van der Waals surface area (Å²) in [5.41, 5.74) is 6.99. The Bertz CT molecular complexity index is 713. The summed E-state index contributed by atoms with van der Waals surface area (Å²) in [4.78, 5) is 10.8. The van der Waals surface area contributed by atoms with Gasteiger partial charge in [0, 0.05) is 31.4 Å². The van der Waals surface area contributed by atoms with E-state index in [9.17, 15) is 0 Å². The van der Waals surface area contributed by atoms with Crippen LogP contribution in [0.4, 0.5) is 0 Å². The van der Waals surface area contributed by atoms with Crippen molar-refractivity contribution in [2.75, 3.05) is 33.4 Å². The SMILES string of the molecule is COc1cccc(Oc2ccc(CN=C(N)N3CCOCC3)cn2)c1. The molecule has 0 saturated carbocycles. The minimum Gasteiger partial charge on any atom is -0.497 e. The van der Waals surface area contributed by atoms with Crippen LogP contribution in [0.3, 0.4) is 0 Å². The van der Waals surface area contributed by atoms with Crippen LogP contribution >= 0.6 is 0 Å². The van der Waals surface area contributed by atoms with Crippen LogP contribution in [0.15, 0.2) is 47.6 Å². The molecule has 1 aliphatic heterocycles. The highest BCUT2D eigenvalue weighted by atomic mass is 16.5. The number of rotatable bonds is 5. The number of hydrogen-bond donors (Lipinski definition) is 1.